The van der Waals surface area contributed by atoms with Crippen LogP contribution in [0.25, 0.3) is 0 Å². The summed E-state index contributed by atoms with van der Waals surface area (Å²) in [4.78, 5) is 10.3. The number of nitro groups is 1. The lowest BCUT2D eigenvalue weighted by molar-refractivity contribution is -0.385. The first-order valence-corrected chi connectivity index (χ1v) is 5.27. The first-order valence-electron chi connectivity index (χ1n) is 5.27. The molecule has 0 aliphatic carbocycles. The van der Waals surface area contributed by atoms with Gasteiger partial charge in [-0.3, -0.25) is 10.1 Å². The summed E-state index contributed by atoms with van der Waals surface area (Å²) >= 11 is 0. The molecule has 0 aliphatic heterocycles. The van der Waals surface area contributed by atoms with Crippen molar-refractivity contribution in [3.63, 3.8) is 0 Å². The quantitative estimate of drug-likeness (QED) is 0.598. The highest BCUT2D eigenvalue weighted by Crippen LogP contribution is 2.30. The van der Waals surface area contributed by atoms with E-state index in [-0.39, 0.29) is 11.4 Å². The van der Waals surface area contributed by atoms with E-state index in [0.717, 1.165) is 0 Å². The molecule has 0 aromatic heterocycles. The molecule has 0 saturated carbocycles. The van der Waals surface area contributed by atoms with Crippen LogP contribution >= 0.6 is 0 Å². The van der Waals surface area contributed by atoms with E-state index in [1.54, 1.807) is 13.0 Å². The van der Waals surface area contributed by atoms with Crippen LogP contribution < -0.4 is 10.5 Å². The summed E-state index contributed by atoms with van der Waals surface area (Å²) in [6.45, 7) is 1.79. The van der Waals surface area contributed by atoms with Crippen LogP contribution in [0.2, 0.25) is 0 Å². The van der Waals surface area contributed by atoms with Crippen molar-refractivity contribution in [1.82, 2.24) is 0 Å². The van der Waals surface area contributed by atoms with Crippen molar-refractivity contribution in [1.29, 1.82) is 0 Å². The molecule has 17 heavy (non-hydrogen) atoms. The summed E-state index contributed by atoms with van der Waals surface area (Å²) in [7, 11) is 1.36. The highest BCUT2D eigenvalue weighted by molar-refractivity contribution is 5.49. The van der Waals surface area contributed by atoms with Gasteiger partial charge >= 0.3 is 5.69 Å². The normalized spacial score (nSPS) is 14.1. The molecule has 0 saturated heterocycles. The van der Waals surface area contributed by atoms with Crippen LogP contribution in [-0.4, -0.2) is 23.2 Å². The Balaban J connectivity index is 3.12. The standard InChI is InChI=1S/C11H16N2O4/c1-3-9(14)11(12)7-4-5-10(17-2)8(6-7)13(15)16/h4-6,9,11,14H,3,12H2,1-2H3/t9-,11+/m1/s1. The van der Waals surface area contributed by atoms with Gasteiger partial charge < -0.3 is 15.6 Å². The van der Waals surface area contributed by atoms with Gasteiger partial charge in [0.25, 0.3) is 0 Å². The summed E-state index contributed by atoms with van der Waals surface area (Å²) in [5.74, 6) is 0.178. The summed E-state index contributed by atoms with van der Waals surface area (Å²) < 4.78 is 4.88. The van der Waals surface area contributed by atoms with E-state index in [0.29, 0.717) is 12.0 Å². The Morgan fingerprint density at radius 2 is 2.24 bits per heavy atom. The molecule has 0 aliphatic rings. The average molecular weight is 240 g/mol. The molecule has 0 spiro atoms. The highest BCUT2D eigenvalue weighted by Gasteiger charge is 2.21. The van der Waals surface area contributed by atoms with E-state index < -0.39 is 17.1 Å². The Hall–Kier alpha value is -1.66. The number of aliphatic hydroxyl groups excluding tert-OH is 1. The van der Waals surface area contributed by atoms with Crippen LogP contribution in [0.5, 0.6) is 5.75 Å². The highest BCUT2D eigenvalue weighted by atomic mass is 16.6. The Labute approximate surface area is 99.2 Å². The number of benzene rings is 1. The lowest BCUT2D eigenvalue weighted by Crippen LogP contribution is -2.25. The minimum Gasteiger partial charge on any atom is -0.490 e. The van der Waals surface area contributed by atoms with Crippen LogP contribution in [0.15, 0.2) is 18.2 Å². The molecule has 1 aromatic carbocycles. The largest absolute Gasteiger partial charge is 0.490 e. The summed E-state index contributed by atoms with van der Waals surface area (Å²) in [5.41, 5.74) is 6.17. The second kappa shape index (κ2) is 5.60. The molecule has 0 bridgehead atoms. The molecule has 6 heteroatoms. The second-order valence-corrected chi connectivity index (χ2v) is 3.69. The number of ether oxygens (including phenoxy) is 1. The number of nitrogens with zero attached hydrogens (tertiary/aromatic N) is 1. The maximum atomic E-state index is 10.8. The average Bonchev–Trinajstić information content (AvgIpc) is 2.35. The van der Waals surface area contributed by atoms with Gasteiger partial charge in [0.1, 0.15) is 0 Å². The topological polar surface area (TPSA) is 98.6 Å². The monoisotopic (exact) mass is 240 g/mol. The zero-order chi connectivity index (χ0) is 13.0. The summed E-state index contributed by atoms with van der Waals surface area (Å²) in [6, 6.07) is 3.80. The van der Waals surface area contributed by atoms with E-state index >= 15 is 0 Å². The van der Waals surface area contributed by atoms with E-state index in [2.05, 4.69) is 0 Å². The SMILES string of the molecule is CC[C@@H](O)[C@@H](N)c1ccc(OC)c([N+](=O)[O-])c1. The van der Waals surface area contributed by atoms with Crippen LogP contribution in [0.1, 0.15) is 24.9 Å². The lowest BCUT2D eigenvalue weighted by atomic mass is 10.00. The van der Waals surface area contributed by atoms with Gasteiger partial charge in [-0.2, -0.15) is 0 Å². The fraction of sp³-hybridized carbons (Fsp3) is 0.455. The van der Waals surface area contributed by atoms with Gasteiger partial charge in [0.15, 0.2) is 5.75 Å². The Kier molecular flexibility index (Phi) is 4.42. The molecule has 0 heterocycles. The van der Waals surface area contributed by atoms with E-state index in [1.165, 1.54) is 19.2 Å². The fourth-order valence-corrected chi connectivity index (χ4v) is 1.53. The molecule has 3 N–H and O–H groups in total. The zero-order valence-electron chi connectivity index (χ0n) is 9.79. The predicted octanol–water partition coefficient (Wildman–Crippen LogP) is 1.37. The smallest absolute Gasteiger partial charge is 0.311 e. The zero-order valence-corrected chi connectivity index (χ0v) is 9.79. The molecule has 0 unspecified atom stereocenters. The van der Waals surface area contributed by atoms with Crippen LogP contribution in [0.4, 0.5) is 5.69 Å². The third-order valence-electron chi connectivity index (χ3n) is 2.62. The van der Waals surface area contributed by atoms with E-state index in [1.807, 2.05) is 0 Å². The molecule has 0 radical (unpaired) electrons. The molecule has 94 valence electrons. The van der Waals surface area contributed by atoms with Crippen molar-refractivity contribution in [2.75, 3.05) is 7.11 Å². The number of rotatable bonds is 5. The van der Waals surface area contributed by atoms with E-state index in [9.17, 15) is 15.2 Å². The third-order valence-corrected chi connectivity index (χ3v) is 2.62. The molecular formula is C11H16N2O4. The minimum absolute atomic E-state index is 0.149. The van der Waals surface area contributed by atoms with Crippen LogP contribution in [0, 0.1) is 10.1 Å². The summed E-state index contributed by atoms with van der Waals surface area (Å²) in [5, 5.41) is 20.4. The van der Waals surface area contributed by atoms with Crippen molar-refractivity contribution >= 4 is 5.69 Å². The van der Waals surface area contributed by atoms with Gasteiger partial charge in [0.2, 0.25) is 0 Å². The number of nitro benzene ring substituents is 1. The number of aliphatic hydroxyl groups is 1. The fourth-order valence-electron chi connectivity index (χ4n) is 1.53. The Morgan fingerprint density at radius 3 is 2.71 bits per heavy atom. The van der Waals surface area contributed by atoms with Gasteiger partial charge in [0, 0.05) is 6.07 Å². The van der Waals surface area contributed by atoms with Crippen molar-refractivity contribution in [3.8, 4) is 5.75 Å². The Bertz CT molecular complexity index is 408. The third kappa shape index (κ3) is 2.92. The van der Waals surface area contributed by atoms with Gasteiger partial charge in [-0.15, -0.1) is 0 Å². The molecule has 0 amide bonds. The maximum absolute atomic E-state index is 10.8. The van der Waals surface area contributed by atoms with Gasteiger partial charge in [0.05, 0.1) is 24.2 Å². The van der Waals surface area contributed by atoms with Crippen molar-refractivity contribution in [2.45, 2.75) is 25.5 Å². The van der Waals surface area contributed by atoms with Crippen LogP contribution in [0.3, 0.4) is 0 Å². The van der Waals surface area contributed by atoms with Crippen molar-refractivity contribution < 1.29 is 14.8 Å². The molecule has 1 aromatic rings. The molecule has 1 rings (SSSR count). The Morgan fingerprint density at radius 1 is 1.59 bits per heavy atom. The van der Waals surface area contributed by atoms with Crippen molar-refractivity contribution in [2.24, 2.45) is 5.73 Å². The number of methoxy groups -OCH3 is 1. The van der Waals surface area contributed by atoms with Crippen LogP contribution in [-0.2, 0) is 0 Å². The predicted molar refractivity (Wildman–Crippen MR) is 62.9 cm³/mol. The van der Waals surface area contributed by atoms with Gasteiger partial charge in [-0.25, -0.2) is 0 Å². The van der Waals surface area contributed by atoms with Gasteiger partial charge in [-0.1, -0.05) is 13.0 Å². The molecule has 0 fully saturated rings. The second-order valence-electron chi connectivity index (χ2n) is 3.69. The molecular weight excluding hydrogens is 224 g/mol. The first kappa shape index (κ1) is 13.4. The lowest BCUT2D eigenvalue weighted by Gasteiger charge is -2.17. The minimum atomic E-state index is -0.719. The van der Waals surface area contributed by atoms with Crippen molar-refractivity contribution in [3.05, 3.63) is 33.9 Å². The van der Waals surface area contributed by atoms with E-state index in [4.69, 9.17) is 10.5 Å². The van der Waals surface area contributed by atoms with Gasteiger partial charge in [-0.05, 0) is 18.1 Å². The summed E-state index contributed by atoms with van der Waals surface area (Å²) in [6.07, 6.45) is -0.232. The number of hydrogen-bond donors (Lipinski definition) is 2. The molecule has 2 atom stereocenters. The molecule has 6 nitrogen and oxygen atoms in total. The maximum Gasteiger partial charge on any atom is 0.311 e. The first-order chi connectivity index (χ1) is 8.01. The number of nitrogens with two attached hydrogens (primary N) is 1. The number of hydrogen-bond acceptors (Lipinski definition) is 5.